The van der Waals surface area contributed by atoms with Crippen molar-refractivity contribution in [2.24, 2.45) is 0 Å². The summed E-state index contributed by atoms with van der Waals surface area (Å²) in [4.78, 5) is 22.5. The maximum atomic E-state index is 13.2. The number of hydrogen-bond donors (Lipinski definition) is 0. The predicted octanol–water partition coefficient (Wildman–Crippen LogP) is 6.44. The Labute approximate surface area is 190 Å². The van der Waals surface area contributed by atoms with E-state index in [1.54, 1.807) is 10.9 Å². The summed E-state index contributed by atoms with van der Waals surface area (Å²) in [5.41, 5.74) is 5.40. The SMILES string of the molecule is CC(C)c1ccc2ncn(C(C)CCC(C)c3ccn4cc(C(C)C)nc4c3)c(=O)c2c1. The van der Waals surface area contributed by atoms with E-state index in [2.05, 4.69) is 81.5 Å². The van der Waals surface area contributed by atoms with Crippen molar-refractivity contribution in [1.29, 1.82) is 0 Å². The van der Waals surface area contributed by atoms with Gasteiger partial charge in [-0.05, 0) is 72.9 Å². The molecule has 3 aromatic heterocycles. The summed E-state index contributed by atoms with van der Waals surface area (Å²) < 4.78 is 3.89. The average molecular weight is 431 g/mol. The molecule has 2 atom stereocenters. The van der Waals surface area contributed by atoms with Gasteiger partial charge in [0, 0.05) is 18.4 Å². The second-order valence-corrected chi connectivity index (χ2v) is 9.76. The van der Waals surface area contributed by atoms with Crippen LogP contribution in [0, 0.1) is 0 Å². The highest BCUT2D eigenvalue weighted by Gasteiger charge is 2.15. The van der Waals surface area contributed by atoms with Crippen LogP contribution in [0.1, 0.15) is 95.0 Å². The monoisotopic (exact) mass is 430 g/mol. The lowest BCUT2D eigenvalue weighted by atomic mass is 9.95. The maximum Gasteiger partial charge on any atom is 0.261 e. The first kappa shape index (κ1) is 22.3. The number of pyridine rings is 1. The Kier molecular flexibility index (Phi) is 6.18. The van der Waals surface area contributed by atoms with E-state index in [0.717, 1.165) is 29.7 Å². The van der Waals surface area contributed by atoms with Crippen LogP contribution in [0.2, 0.25) is 0 Å². The van der Waals surface area contributed by atoms with Crippen LogP contribution in [-0.4, -0.2) is 18.9 Å². The van der Waals surface area contributed by atoms with Crippen molar-refractivity contribution in [1.82, 2.24) is 18.9 Å². The molecule has 4 aromatic rings. The molecule has 0 aliphatic carbocycles. The molecular weight excluding hydrogens is 396 g/mol. The number of imidazole rings is 1. The Bertz CT molecular complexity index is 1300. The van der Waals surface area contributed by atoms with E-state index in [1.165, 1.54) is 11.1 Å². The van der Waals surface area contributed by atoms with Crippen LogP contribution < -0.4 is 5.56 Å². The highest BCUT2D eigenvalue weighted by molar-refractivity contribution is 5.78. The minimum absolute atomic E-state index is 0.0534. The fraction of sp³-hybridized carbons (Fsp3) is 0.444. The zero-order valence-electron chi connectivity index (χ0n) is 20.0. The third kappa shape index (κ3) is 4.34. The predicted molar refractivity (Wildman–Crippen MR) is 132 cm³/mol. The summed E-state index contributed by atoms with van der Waals surface area (Å²) in [6, 6.07) is 10.5. The van der Waals surface area contributed by atoms with E-state index in [0.29, 0.717) is 23.1 Å². The molecule has 0 radical (unpaired) electrons. The van der Waals surface area contributed by atoms with Gasteiger partial charge in [0.25, 0.3) is 5.56 Å². The van der Waals surface area contributed by atoms with Crippen LogP contribution in [-0.2, 0) is 0 Å². The zero-order valence-corrected chi connectivity index (χ0v) is 20.0. The Morgan fingerprint density at radius 2 is 1.69 bits per heavy atom. The topological polar surface area (TPSA) is 52.2 Å². The molecule has 4 rings (SSSR count). The first-order chi connectivity index (χ1) is 15.2. The standard InChI is InChI=1S/C27H34N4O/c1-17(2)21-9-10-24-23(13-21)27(32)31(16-28-24)20(6)8-7-19(5)22-11-12-30-15-25(18(3)4)29-26(30)14-22/h9-20H,7-8H2,1-6H3. The summed E-state index contributed by atoms with van der Waals surface area (Å²) >= 11 is 0. The summed E-state index contributed by atoms with van der Waals surface area (Å²) in [5.74, 6) is 1.19. The highest BCUT2D eigenvalue weighted by Crippen LogP contribution is 2.26. The molecule has 5 heteroatoms. The van der Waals surface area contributed by atoms with Crippen LogP contribution >= 0.6 is 0 Å². The lowest BCUT2D eigenvalue weighted by molar-refractivity contribution is 0.453. The van der Waals surface area contributed by atoms with Crippen LogP contribution in [0.15, 0.2) is 53.8 Å². The van der Waals surface area contributed by atoms with Crippen molar-refractivity contribution in [3.05, 3.63) is 76.2 Å². The Balaban J connectivity index is 1.51. The molecule has 3 heterocycles. The fourth-order valence-corrected chi connectivity index (χ4v) is 4.23. The van der Waals surface area contributed by atoms with Crippen molar-refractivity contribution in [2.75, 3.05) is 0 Å². The van der Waals surface area contributed by atoms with Gasteiger partial charge in [0.2, 0.25) is 0 Å². The van der Waals surface area contributed by atoms with Crippen molar-refractivity contribution in [3.63, 3.8) is 0 Å². The lowest BCUT2D eigenvalue weighted by Crippen LogP contribution is -2.24. The highest BCUT2D eigenvalue weighted by atomic mass is 16.1. The molecular formula is C27H34N4O. The molecule has 0 bridgehead atoms. The molecule has 2 unspecified atom stereocenters. The minimum atomic E-state index is 0.0534. The van der Waals surface area contributed by atoms with Crippen LogP contribution in [0.4, 0.5) is 0 Å². The Morgan fingerprint density at radius 3 is 2.41 bits per heavy atom. The molecule has 0 spiro atoms. The average Bonchev–Trinajstić information content (AvgIpc) is 3.21. The van der Waals surface area contributed by atoms with E-state index in [-0.39, 0.29) is 11.6 Å². The molecule has 1 aromatic carbocycles. The Morgan fingerprint density at radius 1 is 0.906 bits per heavy atom. The van der Waals surface area contributed by atoms with Gasteiger partial charge in [0.05, 0.1) is 22.9 Å². The zero-order chi connectivity index (χ0) is 23.0. The van der Waals surface area contributed by atoms with Gasteiger partial charge in [-0.25, -0.2) is 9.97 Å². The number of nitrogens with zero attached hydrogens (tertiary/aromatic N) is 4. The van der Waals surface area contributed by atoms with Crippen LogP contribution in [0.3, 0.4) is 0 Å². The molecule has 0 saturated heterocycles. The fourth-order valence-electron chi connectivity index (χ4n) is 4.23. The molecule has 0 amide bonds. The number of fused-ring (bicyclic) bond motifs is 2. The quantitative estimate of drug-likeness (QED) is 0.339. The van der Waals surface area contributed by atoms with E-state index < -0.39 is 0 Å². The van der Waals surface area contributed by atoms with E-state index in [9.17, 15) is 4.79 Å². The van der Waals surface area contributed by atoms with Gasteiger partial charge < -0.3 is 4.40 Å². The first-order valence-electron chi connectivity index (χ1n) is 11.7. The number of hydrogen-bond acceptors (Lipinski definition) is 3. The third-order valence-electron chi connectivity index (χ3n) is 6.63. The summed E-state index contributed by atoms with van der Waals surface area (Å²) in [6.07, 6.45) is 7.83. The maximum absolute atomic E-state index is 13.2. The van der Waals surface area contributed by atoms with Gasteiger partial charge in [0.15, 0.2) is 0 Å². The summed E-state index contributed by atoms with van der Waals surface area (Å²) in [7, 11) is 0. The minimum Gasteiger partial charge on any atom is -0.307 e. The number of benzene rings is 1. The van der Waals surface area contributed by atoms with Crippen molar-refractivity contribution in [2.45, 2.75) is 78.2 Å². The van der Waals surface area contributed by atoms with Crippen LogP contribution in [0.5, 0.6) is 0 Å². The summed E-state index contributed by atoms with van der Waals surface area (Å²) in [5, 5.41) is 0.712. The first-order valence-corrected chi connectivity index (χ1v) is 11.7. The molecule has 0 aliphatic rings. The summed E-state index contributed by atoms with van der Waals surface area (Å²) in [6.45, 7) is 13.0. The molecule has 32 heavy (non-hydrogen) atoms. The smallest absolute Gasteiger partial charge is 0.261 e. The number of aromatic nitrogens is 4. The largest absolute Gasteiger partial charge is 0.307 e. The number of rotatable bonds is 7. The van der Waals surface area contributed by atoms with Gasteiger partial charge in [-0.2, -0.15) is 0 Å². The Hall–Kier alpha value is -2.95. The molecule has 0 saturated carbocycles. The van der Waals surface area contributed by atoms with E-state index in [1.807, 2.05) is 12.1 Å². The molecule has 0 aliphatic heterocycles. The van der Waals surface area contributed by atoms with Crippen molar-refractivity contribution < 1.29 is 0 Å². The molecule has 0 N–H and O–H groups in total. The third-order valence-corrected chi connectivity index (χ3v) is 6.63. The van der Waals surface area contributed by atoms with E-state index >= 15 is 0 Å². The normalized spacial score (nSPS) is 14.0. The van der Waals surface area contributed by atoms with Gasteiger partial charge in [-0.3, -0.25) is 9.36 Å². The molecule has 5 nitrogen and oxygen atoms in total. The van der Waals surface area contributed by atoms with Crippen LogP contribution in [0.25, 0.3) is 16.6 Å². The van der Waals surface area contributed by atoms with Crippen molar-refractivity contribution in [3.8, 4) is 0 Å². The van der Waals surface area contributed by atoms with Crippen molar-refractivity contribution >= 4 is 16.6 Å². The van der Waals surface area contributed by atoms with Gasteiger partial charge in [0.1, 0.15) is 5.65 Å². The lowest BCUT2D eigenvalue weighted by Gasteiger charge is -2.18. The second-order valence-electron chi connectivity index (χ2n) is 9.76. The molecule has 0 fully saturated rings. The van der Waals surface area contributed by atoms with Gasteiger partial charge in [-0.1, -0.05) is 40.7 Å². The van der Waals surface area contributed by atoms with E-state index in [4.69, 9.17) is 4.98 Å². The second kappa shape index (κ2) is 8.89. The van der Waals surface area contributed by atoms with Gasteiger partial charge in [-0.15, -0.1) is 0 Å². The van der Waals surface area contributed by atoms with Gasteiger partial charge >= 0.3 is 0 Å². The molecule has 168 valence electrons.